The second-order valence-electron chi connectivity index (χ2n) is 6.78. The van der Waals surface area contributed by atoms with Crippen LogP contribution in [0.1, 0.15) is 45.1 Å². The molecule has 2 rings (SSSR count). The highest BCUT2D eigenvalue weighted by Gasteiger charge is 2.34. The minimum absolute atomic E-state index is 0.0802. The summed E-state index contributed by atoms with van der Waals surface area (Å²) in [6, 6.07) is 10.8. The van der Waals surface area contributed by atoms with Gasteiger partial charge < -0.3 is 20.1 Å². The Balaban J connectivity index is 1.95. The van der Waals surface area contributed by atoms with Gasteiger partial charge in [-0.15, -0.1) is 0 Å². The van der Waals surface area contributed by atoms with Crippen LogP contribution in [0, 0.1) is 0 Å². The molecule has 0 spiro atoms. The second-order valence-corrected chi connectivity index (χ2v) is 6.78. The molecule has 1 heterocycles. The fourth-order valence-electron chi connectivity index (χ4n) is 3.34. The van der Waals surface area contributed by atoms with E-state index < -0.39 is 0 Å². The highest BCUT2D eigenvalue weighted by Crippen LogP contribution is 2.35. The van der Waals surface area contributed by atoms with Crippen molar-refractivity contribution in [2.75, 3.05) is 46.1 Å². The van der Waals surface area contributed by atoms with Crippen LogP contribution in [0.5, 0.6) is 0 Å². The van der Waals surface area contributed by atoms with Gasteiger partial charge in [-0.25, -0.2) is 0 Å². The Morgan fingerprint density at radius 1 is 1.12 bits per heavy atom. The Hall–Kier alpha value is -1.59. The largest absolute Gasteiger partial charge is 0.382 e. The molecule has 1 aliphatic rings. The number of aliphatic imine (C=N–C) groups is 1. The molecule has 1 saturated heterocycles. The lowest BCUT2D eigenvalue weighted by molar-refractivity contribution is 0.0531. The molecule has 2 N–H and O–H groups in total. The van der Waals surface area contributed by atoms with Crippen molar-refractivity contribution in [1.82, 2.24) is 10.6 Å². The zero-order valence-electron chi connectivity index (χ0n) is 16.4. The minimum Gasteiger partial charge on any atom is -0.382 e. The van der Waals surface area contributed by atoms with Gasteiger partial charge in [-0.1, -0.05) is 30.3 Å². The Labute approximate surface area is 158 Å². The molecule has 1 fully saturated rings. The summed E-state index contributed by atoms with van der Waals surface area (Å²) in [6.07, 6.45) is 4.20. The van der Waals surface area contributed by atoms with E-state index in [4.69, 9.17) is 14.5 Å². The quantitative estimate of drug-likeness (QED) is 0.382. The van der Waals surface area contributed by atoms with Gasteiger partial charge in [-0.3, -0.25) is 4.99 Å². The van der Waals surface area contributed by atoms with E-state index in [0.717, 1.165) is 77.7 Å². The fraction of sp³-hybridized carbons (Fsp3) is 0.667. The average molecular weight is 362 g/mol. The van der Waals surface area contributed by atoms with Crippen molar-refractivity contribution in [2.45, 2.75) is 44.9 Å². The van der Waals surface area contributed by atoms with E-state index in [0.29, 0.717) is 0 Å². The molecule has 0 aliphatic carbocycles. The highest BCUT2D eigenvalue weighted by molar-refractivity contribution is 5.79. The minimum atomic E-state index is 0.0802. The molecule has 1 aromatic carbocycles. The molecule has 0 aromatic heterocycles. The van der Waals surface area contributed by atoms with Crippen molar-refractivity contribution in [3.63, 3.8) is 0 Å². The number of ether oxygens (including phenoxy) is 2. The van der Waals surface area contributed by atoms with Crippen LogP contribution in [0.25, 0.3) is 0 Å². The molecular formula is C21H35N3O2. The zero-order valence-corrected chi connectivity index (χ0v) is 16.4. The second kappa shape index (κ2) is 11.9. The van der Waals surface area contributed by atoms with Gasteiger partial charge in [0.15, 0.2) is 5.96 Å². The molecular weight excluding hydrogens is 326 g/mol. The van der Waals surface area contributed by atoms with Crippen molar-refractivity contribution in [1.29, 1.82) is 0 Å². The van der Waals surface area contributed by atoms with Gasteiger partial charge in [-0.05, 0) is 45.1 Å². The molecule has 0 atom stereocenters. The number of rotatable bonds is 10. The van der Waals surface area contributed by atoms with Gasteiger partial charge in [-0.2, -0.15) is 0 Å². The number of hydrogen-bond donors (Lipinski definition) is 2. The molecule has 0 amide bonds. The number of unbranched alkanes of at least 4 members (excludes halogenated alkanes) is 1. The van der Waals surface area contributed by atoms with Gasteiger partial charge in [0.1, 0.15) is 0 Å². The zero-order chi connectivity index (χ0) is 18.5. The van der Waals surface area contributed by atoms with Gasteiger partial charge in [0.2, 0.25) is 0 Å². The van der Waals surface area contributed by atoms with Crippen LogP contribution in [-0.2, 0) is 14.9 Å². The number of nitrogens with one attached hydrogen (secondary N) is 2. The first-order valence-electron chi connectivity index (χ1n) is 10.0. The van der Waals surface area contributed by atoms with E-state index >= 15 is 0 Å². The number of guanidine groups is 1. The predicted molar refractivity (Wildman–Crippen MR) is 108 cm³/mol. The maximum Gasteiger partial charge on any atom is 0.191 e. The Bertz CT molecular complexity index is 513. The topological polar surface area (TPSA) is 54.9 Å². The summed E-state index contributed by atoms with van der Waals surface area (Å²) in [5, 5.41) is 6.83. The van der Waals surface area contributed by atoms with Gasteiger partial charge in [0.25, 0.3) is 0 Å². The Morgan fingerprint density at radius 2 is 1.88 bits per heavy atom. The van der Waals surface area contributed by atoms with E-state index in [-0.39, 0.29) is 5.41 Å². The molecule has 26 heavy (non-hydrogen) atoms. The first-order chi connectivity index (χ1) is 12.8. The van der Waals surface area contributed by atoms with Crippen molar-refractivity contribution >= 4 is 5.96 Å². The summed E-state index contributed by atoms with van der Waals surface area (Å²) in [5.41, 5.74) is 1.45. The van der Waals surface area contributed by atoms with Crippen LogP contribution >= 0.6 is 0 Å². The smallest absolute Gasteiger partial charge is 0.191 e. The molecule has 1 aromatic rings. The van der Waals surface area contributed by atoms with Crippen LogP contribution in [0.3, 0.4) is 0 Å². The summed E-state index contributed by atoms with van der Waals surface area (Å²) >= 11 is 0. The average Bonchev–Trinajstić information content (AvgIpc) is 2.70. The van der Waals surface area contributed by atoms with E-state index in [9.17, 15) is 0 Å². The van der Waals surface area contributed by atoms with Gasteiger partial charge in [0, 0.05) is 44.9 Å². The lowest BCUT2D eigenvalue weighted by Crippen LogP contribution is -2.41. The number of benzene rings is 1. The number of hydrogen-bond acceptors (Lipinski definition) is 3. The van der Waals surface area contributed by atoms with Crippen LogP contribution in [0.4, 0.5) is 0 Å². The Kier molecular flexibility index (Phi) is 9.50. The molecule has 0 bridgehead atoms. The maximum atomic E-state index is 5.62. The Morgan fingerprint density at radius 3 is 2.58 bits per heavy atom. The highest BCUT2D eigenvalue weighted by atomic mass is 16.5. The third-order valence-corrected chi connectivity index (χ3v) is 4.93. The van der Waals surface area contributed by atoms with Crippen LogP contribution in [0.2, 0.25) is 0 Å². The third kappa shape index (κ3) is 6.61. The van der Waals surface area contributed by atoms with Crippen molar-refractivity contribution in [2.24, 2.45) is 4.99 Å². The summed E-state index contributed by atoms with van der Waals surface area (Å²) in [7, 11) is 0. The van der Waals surface area contributed by atoms with Gasteiger partial charge in [0.05, 0.1) is 6.54 Å². The molecule has 0 radical (unpaired) electrons. The summed E-state index contributed by atoms with van der Waals surface area (Å²) in [4.78, 5) is 4.93. The normalized spacial score (nSPS) is 17.1. The monoisotopic (exact) mass is 361 g/mol. The van der Waals surface area contributed by atoms with E-state index in [1.807, 2.05) is 6.92 Å². The third-order valence-electron chi connectivity index (χ3n) is 4.93. The first kappa shape index (κ1) is 20.7. The maximum absolute atomic E-state index is 5.62. The molecule has 5 nitrogen and oxygen atoms in total. The van der Waals surface area contributed by atoms with Crippen LogP contribution < -0.4 is 10.6 Å². The molecule has 0 saturated carbocycles. The lowest BCUT2D eigenvalue weighted by Gasteiger charge is -2.36. The lowest BCUT2D eigenvalue weighted by atomic mass is 9.74. The molecule has 1 aliphatic heterocycles. The van der Waals surface area contributed by atoms with E-state index in [2.05, 4.69) is 47.9 Å². The van der Waals surface area contributed by atoms with E-state index in [1.54, 1.807) is 0 Å². The first-order valence-corrected chi connectivity index (χ1v) is 10.0. The molecule has 0 unspecified atom stereocenters. The van der Waals surface area contributed by atoms with Crippen LogP contribution in [0.15, 0.2) is 35.3 Å². The number of nitrogens with zero attached hydrogens (tertiary/aromatic N) is 1. The van der Waals surface area contributed by atoms with Crippen molar-refractivity contribution < 1.29 is 9.47 Å². The summed E-state index contributed by atoms with van der Waals surface area (Å²) in [6.45, 7) is 9.96. The van der Waals surface area contributed by atoms with Crippen molar-refractivity contribution in [3.05, 3.63) is 35.9 Å². The SMILES string of the molecule is CCNC(=NCC1(c2ccccc2)CCOCC1)NCCCCOCC. The summed E-state index contributed by atoms with van der Waals surface area (Å²) < 4.78 is 11.0. The van der Waals surface area contributed by atoms with E-state index in [1.165, 1.54) is 5.56 Å². The van der Waals surface area contributed by atoms with Crippen LogP contribution in [-0.4, -0.2) is 52.0 Å². The van der Waals surface area contributed by atoms with Gasteiger partial charge >= 0.3 is 0 Å². The molecule has 146 valence electrons. The van der Waals surface area contributed by atoms with Crippen molar-refractivity contribution in [3.8, 4) is 0 Å². The summed E-state index contributed by atoms with van der Waals surface area (Å²) in [5.74, 6) is 0.908. The molecule has 5 heteroatoms. The fourth-order valence-corrected chi connectivity index (χ4v) is 3.34. The standard InChI is InChI=1S/C21H35N3O2/c1-3-22-20(23-14-8-9-15-25-4-2)24-18-21(12-16-26-17-13-21)19-10-6-5-7-11-19/h5-7,10-11H,3-4,8-9,12-18H2,1-2H3,(H2,22,23,24). The predicted octanol–water partition coefficient (Wildman–Crippen LogP) is 3.11.